The van der Waals surface area contributed by atoms with Gasteiger partial charge in [-0.1, -0.05) is 26.0 Å². The van der Waals surface area contributed by atoms with Gasteiger partial charge in [-0.05, 0) is 29.5 Å². The number of nitrogens with zero attached hydrogens (tertiary/aromatic N) is 1. The predicted molar refractivity (Wildman–Crippen MR) is 62.2 cm³/mol. The second-order valence-electron chi connectivity index (χ2n) is 4.79. The fourth-order valence-corrected chi connectivity index (χ4v) is 2.28. The van der Waals surface area contributed by atoms with Crippen LogP contribution in [0.2, 0.25) is 0 Å². The van der Waals surface area contributed by atoms with Crippen LogP contribution in [-0.2, 0) is 5.41 Å². The van der Waals surface area contributed by atoms with Gasteiger partial charge in [0, 0.05) is 18.8 Å². The summed E-state index contributed by atoms with van der Waals surface area (Å²) in [7, 11) is 0. The molecule has 15 heavy (non-hydrogen) atoms. The van der Waals surface area contributed by atoms with E-state index < -0.39 is 0 Å². The average Bonchev–Trinajstić information content (AvgIpc) is 2.23. The van der Waals surface area contributed by atoms with Gasteiger partial charge in [-0.2, -0.15) is 0 Å². The van der Waals surface area contributed by atoms with Crippen molar-refractivity contribution >= 4 is 5.69 Å². The van der Waals surface area contributed by atoms with Crippen molar-refractivity contribution in [2.75, 3.05) is 24.6 Å². The first-order valence-corrected chi connectivity index (χ1v) is 5.51. The molecule has 1 N–H and O–H groups in total. The third-order valence-electron chi connectivity index (χ3n) is 3.29. The van der Waals surface area contributed by atoms with Crippen molar-refractivity contribution in [3.63, 3.8) is 0 Å². The Bertz CT molecular complexity index is 346. The molecule has 2 rings (SSSR count). The molecule has 1 aromatic rings. The summed E-state index contributed by atoms with van der Waals surface area (Å²) in [5.74, 6) is 0. The average molecular weight is 204 g/mol. The molecular formula is C13H18NO. The number of hydrogen-bond acceptors (Lipinski definition) is 2. The summed E-state index contributed by atoms with van der Waals surface area (Å²) >= 11 is 0. The van der Waals surface area contributed by atoms with Gasteiger partial charge >= 0.3 is 0 Å². The zero-order chi connectivity index (χ0) is 10.9. The van der Waals surface area contributed by atoms with E-state index in [0.29, 0.717) is 0 Å². The topological polar surface area (TPSA) is 23.5 Å². The molecule has 1 aliphatic heterocycles. The van der Waals surface area contributed by atoms with Gasteiger partial charge in [0.2, 0.25) is 0 Å². The molecular weight excluding hydrogens is 186 g/mol. The lowest BCUT2D eigenvalue weighted by atomic mass is 9.78. The molecule has 0 atom stereocenters. The van der Waals surface area contributed by atoms with Crippen LogP contribution in [-0.4, -0.2) is 24.8 Å². The summed E-state index contributed by atoms with van der Waals surface area (Å²) in [6, 6.07) is 9.28. The van der Waals surface area contributed by atoms with Gasteiger partial charge in [-0.3, -0.25) is 0 Å². The van der Waals surface area contributed by atoms with E-state index in [2.05, 4.69) is 30.9 Å². The van der Waals surface area contributed by atoms with E-state index in [1.165, 1.54) is 11.3 Å². The number of benzene rings is 1. The number of hydrogen-bond donors (Lipinski definition) is 1. The summed E-state index contributed by atoms with van der Waals surface area (Å²) in [5, 5.41) is 9.02. The summed E-state index contributed by atoms with van der Waals surface area (Å²) in [4.78, 5) is 2.25. The number of aliphatic hydroxyl groups excluding tert-OH is 1. The normalized spacial score (nSPS) is 18.7. The van der Waals surface area contributed by atoms with Gasteiger partial charge in [0.1, 0.15) is 0 Å². The molecule has 2 nitrogen and oxygen atoms in total. The van der Waals surface area contributed by atoms with Crippen LogP contribution in [0.1, 0.15) is 25.8 Å². The maximum Gasteiger partial charge on any atom is 0.0606 e. The molecule has 0 fully saturated rings. The van der Waals surface area contributed by atoms with Gasteiger partial charge in [-0.15, -0.1) is 0 Å². The van der Waals surface area contributed by atoms with Crippen LogP contribution in [0.3, 0.4) is 0 Å². The van der Waals surface area contributed by atoms with Crippen LogP contribution in [0, 0.1) is 6.07 Å². The lowest BCUT2D eigenvalue weighted by molar-refractivity contribution is 0.297. The van der Waals surface area contributed by atoms with E-state index >= 15 is 0 Å². The molecule has 0 spiro atoms. The minimum Gasteiger partial charge on any atom is -0.395 e. The molecule has 0 saturated carbocycles. The highest BCUT2D eigenvalue weighted by molar-refractivity contribution is 5.58. The van der Waals surface area contributed by atoms with Crippen molar-refractivity contribution < 1.29 is 5.11 Å². The SMILES string of the molecule is CC1(C)CCN(CCO)c2c[c]ccc21. The van der Waals surface area contributed by atoms with Gasteiger partial charge in [0.05, 0.1) is 6.61 Å². The highest BCUT2D eigenvalue weighted by Crippen LogP contribution is 2.38. The van der Waals surface area contributed by atoms with Crippen LogP contribution >= 0.6 is 0 Å². The first-order valence-electron chi connectivity index (χ1n) is 5.51. The van der Waals surface area contributed by atoms with E-state index in [4.69, 9.17) is 5.11 Å². The molecule has 81 valence electrons. The van der Waals surface area contributed by atoms with Crippen molar-refractivity contribution in [1.82, 2.24) is 0 Å². The van der Waals surface area contributed by atoms with Crippen molar-refractivity contribution in [1.29, 1.82) is 0 Å². The first-order chi connectivity index (χ1) is 7.15. The molecule has 0 aromatic heterocycles. The van der Waals surface area contributed by atoms with E-state index in [0.717, 1.165) is 19.5 Å². The van der Waals surface area contributed by atoms with E-state index in [9.17, 15) is 0 Å². The van der Waals surface area contributed by atoms with Gasteiger partial charge in [0.25, 0.3) is 0 Å². The minimum atomic E-state index is 0.217. The molecule has 0 aliphatic carbocycles. The number of β-amino-alcohol motifs (C(OH)–C–C–N with tert-alkyl or cyclic N) is 1. The smallest absolute Gasteiger partial charge is 0.0606 e. The number of aliphatic hydroxyl groups is 1. The highest BCUT2D eigenvalue weighted by atomic mass is 16.3. The molecule has 1 aliphatic rings. The van der Waals surface area contributed by atoms with Crippen LogP contribution in [0.5, 0.6) is 0 Å². The lowest BCUT2D eigenvalue weighted by Crippen LogP contribution is -2.38. The Kier molecular flexibility index (Phi) is 2.70. The van der Waals surface area contributed by atoms with Crippen molar-refractivity contribution in [2.45, 2.75) is 25.7 Å². The van der Waals surface area contributed by atoms with E-state index in [1.54, 1.807) is 0 Å². The van der Waals surface area contributed by atoms with E-state index in [1.807, 2.05) is 12.1 Å². The highest BCUT2D eigenvalue weighted by Gasteiger charge is 2.30. The predicted octanol–water partition coefficient (Wildman–Crippen LogP) is 1.97. The second kappa shape index (κ2) is 3.86. The minimum absolute atomic E-state index is 0.217. The van der Waals surface area contributed by atoms with Gasteiger partial charge in [0.15, 0.2) is 0 Å². The molecule has 1 aromatic carbocycles. The number of anilines is 1. The summed E-state index contributed by atoms with van der Waals surface area (Å²) in [5.41, 5.74) is 2.86. The van der Waals surface area contributed by atoms with Gasteiger partial charge < -0.3 is 10.0 Å². The van der Waals surface area contributed by atoms with Crippen molar-refractivity contribution in [3.05, 3.63) is 29.8 Å². The Labute approximate surface area is 91.5 Å². The molecule has 1 heterocycles. The van der Waals surface area contributed by atoms with Crippen molar-refractivity contribution in [2.24, 2.45) is 0 Å². The maximum absolute atomic E-state index is 9.02. The molecule has 0 amide bonds. The first kappa shape index (κ1) is 10.5. The maximum atomic E-state index is 9.02. The fourth-order valence-electron chi connectivity index (χ4n) is 2.28. The fraction of sp³-hybridized carbons (Fsp3) is 0.538. The molecule has 1 radical (unpaired) electrons. The lowest BCUT2D eigenvalue weighted by Gasteiger charge is -2.40. The monoisotopic (exact) mass is 204 g/mol. The number of fused-ring (bicyclic) bond motifs is 1. The van der Waals surface area contributed by atoms with Crippen LogP contribution < -0.4 is 4.90 Å². The van der Waals surface area contributed by atoms with E-state index in [-0.39, 0.29) is 12.0 Å². The zero-order valence-electron chi connectivity index (χ0n) is 9.45. The Morgan fingerprint density at radius 3 is 3.07 bits per heavy atom. The Morgan fingerprint density at radius 2 is 2.33 bits per heavy atom. The molecule has 0 bridgehead atoms. The summed E-state index contributed by atoms with van der Waals surface area (Å²) < 4.78 is 0. The summed E-state index contributed by atoms with van der Waals surface area (Å²) in [6.45, 7) is 6.53. The van der Waals surface area contributed by atoms with Crippen LogP contribution in [0.25, 0.3) is 0 Å². The Hall–Kier alpha value is -1.02. The Morgan fingerprint density at radius 1 is 1.53 bits per heavy atom. The zero-order valence-corrected chi connectivity index (χ0v) is 9.45. The third kappa shape index (κ3) is 1.86. The molecule has 2 heteroatoms. The molecule has 0 unspecified atom stereocenters. The Balaban J connectivity index is 2.39. The summed E-state index contributed by atoms with van der Waals surface area (Å²) in [6.07, 6.45) is 1.14. The largest absolute Gasteiger partial charge is 0.395 e. The van der Waals surface area contributed by atoms with Gasteiger partial charge in [-0.25, -0.2) is 0 Å². The second-order valence-corrected chi connectivity index (χ2v) is 4.79. The van der Waals surface area contributed by atoms with Crippen LogP contribution in [0.15, 0.2) is 18.2 Å². The number of rotatable bonds is 2. The molecule has 0 saturated heterocycles. The third-order valence-corrected chi connectivity index (χ3v) is 3.29. The van der Waals surface area contributed by atoms with Crippen molar-refractivity contribution in [3.8, 4) is 0 Å². The quantitative estimate of drug-likeness (QED) is 0.796. The standard InChI is InChI=1S/C13H18NO/c1-13(2)7-8-14(9-10-15)12-6-4-3-5-11(12)13/h3,5-6,15H,7-10H2,1-2H3. The van der Waals surface area contributed by atoms with Crippen LogP contribution in [0.4, 0.5) is 5.69 Å².